The molecule has 2 aromatic carbocycles. The minimum atomic E-state index is -0.456. The van der Waals surface area contributed by atoms with Crippen LogP contribution in [-0.4, -0.2) is 33.3 Å². The van der Waals surface area contributed by atoms with E-state index in [1.54, 1.807) is 26.3 Å². The van der Waals surface area contributed by atoms with Gasteiger partial charge in [-0.25, -0.2) is 4.39 Å². The first-order chi connectivity index (χ1) is 15.0. The van der Waals surface area contributed by atoms with Crippen molar-refractivity contribution >= 4 is 28.9 Å². The number of halogens is 2. The second kappa shape index (κ2) is 11.1. The third kappa shape index (κ3) is 6.15. The lowest BCUT2D eigenvalue weighted by Crippen LogP contribution is -2.37. The molecule has 0 fully saturated rings. The smallest absolute Gasteiger partial charge is 0.219 e. The molecule has 4 N–H and O–H groups in total. The van der Waals surface area contributed by atoms with Crippen LogP contribution < -0.4 is 30.7 Å². The Morgan fingerprint density at radius 3 is 2.81 bits per heavy atom. The lowest BCUT2D eigenvalue weighted by atomic mass is 10.1. The van der Waals surface area contributed by atoms with Crippen molar-refractivity contribution in [3.8, 4) is 11.5 Å². The molecule has 1 aliphatic rings. The fourth-order valence-electron chi connectivity index (χ4n) is 3.35. The van der Waals surface area contributed by atoms with Gasteiger partial charge in [0, 0.05) is 36.5 Å². The minimum absolute atomic E-state index is 0.0584. The summed E-state index contributed by atoms with van der Waals surface area (Å²) in [6.07, 6.45) is 2.91. The lowest BCUT2D eigenvalue weighted by Gasteiger charge is -2.30. The van der Waals surface area contributed by atoms with E-state index in [1.165, 1.54) is 6.07 Å². The highest BCUT2D eigenvalue weighted by Gasteiger charge is 2.23. The fourth-order valence-corrected chi connectivity index (χ4v) is 3.53. The van der Waals surface area contributed by atoms with Gasteiger partial charge < -0.3 is 25.4 Å². The van der Waals surface area contributed by atoms with Gasteiger partial charge in [0.2, 0.25) is 5.91 Å². The number of anilines is 2. The summed E-state index contributed by atoms with van der Waals surface area (Å²) in [7, 11) is 3.25. The molecule has 1 unspecified atom stereocenters. The number of carbonyl (C=O) groups excluding carboxylic acids is 1. The van der Waals surface area contributed by atoms with Crippen molar-refractivity contribution in [1.29, 1.82) is 0 Å². The molecule has 9 heteroatoms. The van der Waals surface area contributed by atoms with Gasteiger partial charge in [0.15, 0.2) is 11.5 Å². The van der Waals surface area contributed by atoms with Gasteiger partial charge in [0.1, 0.15) is 12.0 Å². The van der Waals surface area contributed by atoms with Crippen molar-refractivity contribution in [1.82, 2.24) is 10.6 Å². The van der Waals surface area contributed by atoms with Crippen LogP contribution in [0, 0.1) is 5.82 Å². The van der Waals surface area contributed by atoms with Crippen molar-refractivity contribution in [2.45, 2.75) is 31.8 Å². The Morgan fingerprint density at radius 2 is 2.06 bits per heavy atom. The van der Waals surface area contributed by atoms with E-state index in [2.05, 4.69) is 21.3 Å². The number of hydrogen-bond donors (Lipinski definition) is 4. The SMILES string of the molecule is CNC(=O)CCCCCOc1cc2c(cc1OC)C(Nc1ccc(F)c(Cl)c1)NCN2. The van der Waals surface area contributed by atoms with Crippen molar-refractivity contribution in [2.75, 3.05) is 38.1 Å². The van der Waals surface area contributed by atoms with Crippen LogP contribution in [0.5, 0.6) is 11.5 Å². The number of methoxy groups -OCH3 is 1. The van der Waals surface area contributed by atoms with Gasteiger partial charge in [0.25, 0.3) is 0 Å². The van der Waals surface area contributed by atoms with E-state index in [0.29, 0.717) is 36.9 Å². The van der Waals surface area contributed by atoms with E-state index in [1.807, 2.05) is 12.1 Å². The number of carbonyl (C=O) groups is 1. The van der Waals surface area contributed by atoms with E-state index in [4.69, 9.17) is 21.1 Å². The van der Waals surface area contributed by atoms with Crippen LogP contribution in [0.15, 0.2) is 30.3 Å². The molecule has 0 aliphatic carbocycles. The second-order valence-corrected chi connectivity index (χ2v) is 7.59. The molecule has 1 atom stereocenters. The monoisotopic (exact) mass is 450 g/mol. The summed E-state index contributed by atoms with van der Waals surface area (Å²) >= 11 is 5.90. The van der Waals surface area contributed by atoms with Gasteiger partial charge >= 0.3 is 0 Å². The molecule has 1 amide bonds. The second-order valence-electron chi connectivity index (χ2n) is 7.19. The Morgan fingerprint density at radius 1 is 1.23 bits per heavy atom. The first kappa shape index (κ1) is 23.0. The topological polar surface area (TPSA) is 83.7 Å². The zero-order valence-electron chi connectivity index (χ0n) is 17.7. The first-order valence-corrected chi connectivity index (χ1v) is 10.6. The molecule has 1 aliphatic heterocycles. The van der Waals surface area contributed by atoms with E-state index >= 15 is 0 Å². The first-order valence-electron chi connectivity index (χ1n) is 10.3. The van der Waals surface area contributed by atoms with Crippen molar-refractivity contribution in [3.63, 3.8) is 0 Å². The summed E-state index contributed by atoms with van der Waals surface area (Å²) in [6.45, 7) is 1.09. The van der Waals surface area contributed by atoms with Crippen molar-refractivity contribution in [3.05, 3.63) is 46.7 Å². The Balaban J connectivity index is 1.64. The fraction of sp³-hybridized carbons (Fsp3) is 0.409. The summed E-state index contributed by atoms with van der Waals surface area (Å²) in [5.41, 5.74) is 2.56. The molecule has 0 saturated heterocycles. The number of fused-ring (bicyclic) bond motifs is 1. The maximum absolute atomic E-state index is 13.4. The molecular weight excluding hydrogens is 423 g/mol. The molecule has 0 saturated carbocycles. The highest BCUT2D eigenvalue weighted by molar-refractivity contribution is 6.31. The molecule has 3 rings (SSSR count). The summed E-state index contributed by atoms with van der Waals surface area (Å²) < 4.78 is 24.9. The van der Waals surface area contributed by atoms with E-state index in [9.17, 15) is 9.18 Å². The highest BCUT2D eigenvalue weighted by atomic mass is 35.5. The lowest BCUT2D eigenvalue weighted by molar-refractivity contribution is -0.120. The highest BCUT2D eigenvalue weighted by Crippen LogP contribution is 2.38. The largest absolute Gasteiger partial charge is 0.493 e. The third-order valence-corrected chi connectivity index (χ3v) is 5.34. The van der Waals surface area contributed by atoms with Crippen molar-refractivity contribution in [2.24, 2.45) is 0 Å². The number of nitrogens with one attached hydrogen (secondary N) is 4. The number of unbranched alkanes of at least 4 members (excludes halogenated alkanes) is 2. The van der Waals surface area contributed by atoms with Gasteiger partial charge in [0.05, 0.1) is 25.4 Å². The molecular formula is C22H28ClFN4O3. The van der Waals surface area contributed by atoms with E-state index in [0.717, 1.165) is 30.5 Å². The van der Waals surface area contributed by atoms with Crippen LogP contribution >= 0.6 is 11.6 Å². The average molecular weight is 451 g/mol. The van der Waals surface area contributed by atoms with Gasteiger partial charge in [-0.05, 0) is 43.5 Å². The Labute approximate surface area is 186 Å². The molecule has 0 radical (unpaired) electrons. The molecule has 2 aromatic rings. The van der Waals surface area contributed by atoms with Crippen LogP contribution in [-0.2, 0) is 4.79 Å². The van der Waals surface area contributed by atoms with Gasteiger partial charge in [-0.15, -0.1) is 0 Å². The molecule has 0 spiro atoms. The Hall–Kier alpha value is -2.71. The molecule has 31 heavy (non-hydrogen) atoms. The summed E-state index contributed by atoms with van der Waals surface area (Å²) in [4.78, 5) is 11.3. The van der Waals surface area contributed by atoms with Crippen LogP contribution in [0.3, 0.4) is 0 Å². The number of rotatable bonds is 10. The van der Waals surface area contributed by atoms with Gasteiger partial charge in [-0.2, -0.15) is 0 Å². The number of benzene rings is 2. The number of amides is 1. The normalized spacial score (nSPS) is 14.9. The predicted molar refractivity (Wildman–Crippen MR) is 120 cm³/mol. The molecule has 0 aromatic heterocycles. The molecule has 0 bridgehead atoms. The van der Waals surface area contributed by atoms with Crippen molar-refractivity contribution < 1.29 is 18.7 Å². The van der Waals surface area contributed by atoms with Gasteiger partial charge in [-0.1, -0.05) is 11.6 Å². The average Bonchev–Trinajstić information content (AvgIpc) is 2.78. The molecule has 7 nitrogen and oxygen atoms in total. The summed E-state index contributed by atoms with van der Waals surface area (Å²) in [5.74, 6) is 0.884. The van der Waals surface area contributed by atoms with Crippen LogP contribution in [0.4, 0.5) is 15.8 Å². The predicted octanol–water partition coefficient (Wildman–Crippen LogP) is 4.26. The maximum Gasteiger partial charge on any atom is 0.219 e. The van der Waals surface area contributed by atoms with Gasteiger partial charge in [-0.3, -0.25) is 10.1 Å². The quantitative estimate of drug-likeness (QED) is 0.405. The summed E-state index contributed by atoms with van der Waals surface area (Å²) in [6, 6.07) is 8.37. The van der Waals surface area contributed by atoms with Crippen LogP contribution in [0.25, 0.3) is 0 Å². The Bertz CT molecular complexity index is 913. The zero-order valence-corrected chi connectivity index (χ0v) is 18.4. The molecule has 1 heterocycles. The Kier molecular flexibility index (Phi) is 8.20. The third-order valence-electron chi connectivity index (χ3n) is 5.05. The van der Waals surface area contributed by atoms with Crippen LogP contribution in [0.2, 0.25) is 5.02 Å². The molecule has 168 valence electrons. The number of hydrogen-bond acceptors (Lipinski definition) is 6. The maximum atomic E-state index is 13.4. The standard InChI is InChI=1S/C22H28ClFN4O3/c1-25-21(29)6-4-3-5-9-31-20-12-18-15(11-19(20)30-2)22(27-13-26-18)28-14-7-8-17(24)16(23)10-14/h7-8,10-12,22,26-28H,3-6,9,13H2,1-2H3,(H,25,29). The van der Waals surface area contributed by atoms with Crippen LogP contribution in [0.1, 0.15) is 37.4 Å². The minimum Gasteiger partial charge on any atom is -0.493 e. The summed E-state index contributed by atoms with van der Waals surface area (Å²) in [5, 5.41) is 12.6. The number of ether oxygens (including phenoxy) is 2. The zero-order chi connectivity index (χ0) is 22.2. The van der Waals surface area contributed by atoms with E-state index in [-0.39, 0.29) is 17.1 Å². The van der Waals surface area contributed by atoms with E-state index < -0.39 is 5.82 Å².